The quantitative estimate of drug-likeness (QED) is 0.480. The maximum atomic E-state index is 5.74. The summed E-state index contributed by atoms with van der Waals surface area (Å²) in [5.41, 5.74) is 6.79. The van der Waals surface area contributed by atoms with Crippen LogP contribution in [0.5, 0.6) is 5.75 Å². The smallest absolute Gasteiger partial charge is 0.189 e. The highest BCUT2D eigenvalue weighted by molar-refractivity contribution is 14.0. The van der Waals surface area contributed by atoms with E-state index < -0.39 is 0 Å². The van der Waals surface area contributed by atoms with Crippen LogP contribution in [0.1, 0.15) is 26.3 Å². The second-order valence-electron chi connectivity index (χ2n) is 4.04. The SMILES string of the molecule is CCOc1ccccc1CN=C(N)NC(C)C.I. The number of rotatable bonds is 5. The van der Waals surface area contributed by atoms with Crippen LogP contribution in [-0.2, 0) is 6.54 Å². The van der Waals surface area contributed by atoms with E-state index >= 15 is 0 Å². The van der Waals surface area contributed by atoms with E-state index in [0.29, 0.717) is 25.2 Å². The fourth-order valence-electron chi connectivity index (χ4n) is 1.44. The number of nitrogens with one attached hydrogen (secondary N) is 1. The van der Waals surface area contributed by atoms with E-state index in [9.17, 15) is 0 Å². The number of ether oxygens (including phenoxy) is 1. The van der Waals surface area contributed by atoms with Crippen LogP contribution in [0.25, 0.3) is 0 Å². The third-order valence-corrected chi connectivity index (χ3v) is 2.13. The highest BCUT2D eigenvalue weighted by atomic mass is 127. The number of benzene rings is 1. The molecule has 0 aromatic heterocycles. The first-order chi connectivity index (χ1) is 8.13. The Morgan fingerprint density at radius 2 is 2.06 bits per heavy atom. The van der Waals surface area contributed by atoms with Gasteiger partial charge in [-0.15, -0.1) is 24.0 Å². The molecule has 0 unspecified atom stereocenters. The summed E-state index contributed by atoms with van der Waals surface area (Å²) in [6.07, 6.45) is 0. The van der Waals surface area contributed by atoms with Gasteiger partial charge in [0.05, 0.1) is 13.2 Å². The Kier molecular flexibility index (Phi) is 8.53. The normalized spacial score (nSPS) is 11.0. The molecule has 4 nitrogen and oxygen atoms in total. The van der Waals surface area contributed by atoms with Gasteiger partial charge < -0.3 is 15.8 Å². The highest BCUT2D eigenvalue weighted by Crippen LogP contribution is 2.18. The van der Waals surface area contributed by atoms with Gasteiger partial charge in [-0.1, -0.05) is 18.2 Å². The standard InChI is InChI=1S/C13H21N3O.HI/c1-4-17-12-8-6-5-7-11(12)9-15-13(14)16-10(2)3;/h5-8,10H,4,9H2,1-3H3,(H3,14,15,16);1H. The number of nitrogens with zero attached hydrogens (tertiary/aromatic N) is 1. The second-order valence-corrected chi connectivity index (χ2v) is 4.04. The molecule has 0 aliphatic rings. The Hall–Kier alpha value is -0.980. The van der Waals surface area contributed by atoms with Crippen LogP contribution in [0.4, 0.5) is 0 Å². The molecule has 1 aromatic rings. The van der Waals surface area contributed by atoms with E-state index in [2.05, 4.69) is 10.3 Å². The average Bonchev–Trinajstić information content (AvgIpc) is 2.27. The minimum absolute atomic E-state index is 0. The topological polar surface area (TPSA) is 59.6 Å². The fourth-order valence-corrected chi connectivity index (χ4v) is 1.44. The number of hydrogen-bond donors (Lipinski definition) is 2. The minimum atomic E-state index is 0. The zero-order valence-electron chi connectivity index (χ0n) is 11.1. The number of aliphatic imine (C=N–C) groups is 1. The summed E-state index contributed by atoms with van der Waals surface area (Å²) < 4.78 is 5.52. The van der Waals surface area contributed by atoms with E-state index in [-0.39, 0.29) is 24.0 Å². The van der Waals surface area contributed by atoms with Crippen molar-refractivity contribution in [3.63, 3.8) is 0 Å². The molecule has 0 aliphatic heterocycles. The lowest BCUT2D eigenvalue weighted by atomic mass is 10.2. The summed E-state index contributed by atoms with van der Waals surface area (Å²) in [7, 11) is 0. The van der Waals surface area contributed by atoms with Crippen molar-refractivity contribution < 1.29 is 4.74 Å². The fraction of sp³-hybridized carbons (Fsp3) is 0.462. The Balaban J connectivity index is 0.00000289. The van der Waals surface area contributed by atoms with Crippen molar-refractivity contribution in [1.82, 2.24) is 5.32 Å². The molecule has 0 fully saturated rings. The Labute approximate surface area is 126 Å². The van der Waals surface area contributed by atoms with Crippen LogP contribution in [0, 0.1) is 0 Å². The number of para-hydroxylation sites is 1. The van der Waals surface area contributed by atoms with Crippen LogP contribution in [0.15, 0.2) is 29.3 Å². The molecule has 0 spiro atoms. The average molecular weight is 363 g/mol. The molecule has 0 saturated carbocycles. The Bertz CT molecular complexity index is 380. The van der Waals surface area contributed by atoms with Gasteiger partial charge in [-0.2, -0.15) is 0 Å². The molecule has 18 heavy (non-hydrogen) atoms. The summed E-state index contributed by atoms with van der Waals surface area (Å²) in [6, 6.07) is 8.16. The van der Waals surface area contributed by atoms with Crippen LogP contribution in [-0.4, -0.2) is 18.6 Å². The summed E-state index contributed by atoms with van der Waals surface area (Å²) in [4.78, 5) is 4.28. The molecule has 0 saturated heterocycles. The van der Waals surface area contributed by atoms with Gasteiger partial charge in [-0.3, -0.25) is 0 Å². The summed E-state index contributed by atoms with van der Waals surface area (Å²) in [6.45, 7) is 7.20. The highest BCUT2D eigenvalue weighted by Gasteiger charge is 2.01. The van der Waals surface area contributed by atoms with Crippen molar-refractivity contribution in [3.05, 3.63) is 29.8 Å². The van der Waals surface area contributed by atoms with Crippen molar-refractivity contribution in [2.75, 3.05) is 6.61 Å². The first-order valence-electron chi connectivity index (χ1n) is 5.90. The third kappa shape index (κ3) is 6.09. The second kappa shape index (κ2) is 9.02. The molecule has 0 bridgehead atoms. The van der Waals surface area contributed by atoms with Crippen molar-refractivity contribution in [2.45, 2.75) is 33.4 Å². The van der Waals surface area contributed by atoms with Gasteiger partial charge >= 0.3 is 0 Å². The molecular formula is C13H22IN3O. The molecule has 0 aliphatic carbocycles. The largest absolute Gasteiger partial charge is 0.494 e. The van der Waals surface area contributed by atoms with Crippen molar-refractivity contribution in [3.8, 4) is 5.75 Å². The summed E-state index contributed by atoms with van der Waals surface area (Å²) in [5, 5.41) is 3.05. The maximum Gasteiger partial charge on any atom is 0.189 e. The lowest BCUT2D eigenvalue weighted by Gasteiger charge is -2.10. The van der Waals surface area contributed by atoms with Gasteiger partial charge in [-0.05, 0) is 26.8 Å². The van der Waals surface area contributed by atoms with Crippen LogP contribution in [0.3, 0.4) is 0 Å². The van der Waals surface area contributed by atoms with Crippen molar-refractivity contribution >= 4 is 29.9 Å². The molecule has 1 aromatic carbocycles. The third-order valence-electron chi connectivity index (χ3n) is 2.13. The first-order valence-corrected chi connectivity index (χ1v) is 5.90. The van der Waals surface area contributed by atoms with Gasteiger partial charge in [0.2, 0.25) is 0 Å². The van der Waals surface area contributed by atoms with E-state index in [0.717, 1.165) is 11.3 Å². The molecule has 0 atom stereocenters. The van der Waals surface area contributed by atoms with Crippen molar-refractivity contribution in [1.29, 1.82) is 0 Å². The Morgan fingerprint density at radius 3 is 2.67 bits per heavy atom. The van der Waals surface area contributed by atoms with Gasteiger partial charge in [0.25, 0.3) is 0 Å². The predicted molar refractivity (Wildman–Crippen MR) is 86.6 cm³/mol. The van der Waals surface area contributed by atoms with Crippen LogP contribution >= 0.6 is 24.0 Å². The van der Waals surface area contributed by atoms with E-state index in [1.54, 1.807) is 0 Å². The minimum Gasteiger partial charge on any atom is -0.494 e. The zero-order valence-corrected chi connectivity index (χ0v) is 13.5. The lowest BCUT2D eigenvalue weighted by molar-refractivity contribution is 0.336. The van der Waals surface area contributed by atoms with Crippen molar-refractivity contribution in [2.24, 2.45) is 10.7 Å². The molecule has 1 rings (SSSR count). The number of halogens is 1. The van der Waals surface area contributed by atoms with E-state index in [1.807, 2.05) is 45.0 Å². The summed E-state index contributed by atoms with van der Waals surface area (Å²) >= 11 is 0. The zero-order chi connectivity index (χ0) is 12.7. The number of nitrogens with two attached hydrogens (primary N) is 1. The van der Waals surface area contributed by atoms with Crippen LogP contribution < -0.4 is 15.8 Å². The first kappa shape index (κ1) is 17.0. The van der Waals surface area contributed by atoms with Gasteiger partial charge in [0.15, 0.2) is 5.96 Å². The molecule has 0 radical (unpaired) electrons. The Morgan fingerprint density at radius 1 is 1.39 bits per heavy atom. The van der Waals surface area contributed by atoms with Gasteiger partial charge in [0, 0.05) is 11.6 Å². The molecule has 0 amide bonds. The number of guanidine groups is 1. The molecule has 102 valence electrons. The van der Waals surface area contributed by atoms with Gasteiger partial charge in [0.1, 0.15) is 5.75 Å². The predicted octanol–water partition coefficient (Wildman–Crippen LogP) is 2.52. The molecule has 3 N–H and O–H groups in total. The lowest BCUT2D eigenvalue weighted by Crippen LogP contribution is -2.36. The summed E-state index contributed by atoms with van der Waals surface area (Å²) in [5.74, 6) is 1.34. The van der Waals surface area contributed by atoms with E-state index in [1.165, 1.54) is 0 Å². The monoisotopic (exact) mass is 363 g/mol. The number of hydrogen-bond acceptors (Lipinski definition) is 2. The van der Waals surface area contributed by atoms with Crippen LogP contribution in [0.2, 0.25) is 0 Å². The molecular weight excluding hydrogens is 341 g/mol. The van der Waals surface area contributed by atoms with E-state index in [4.69, 9.17) is 10.5 Å². The molecule has 0 heterocycles. The maximum absolute atomic E-state index is 5.74. The van der Waals surface area contributed by atoms with Gasteiger partial charge in [-0.25, -0.2) is 4.99 Å². The molecule has 5 heteroatoms.